The molecule has 3 heterocycles. The fourth-order valence-corrected chi connectivity index (χ4v) is 4.43. The molecule has 3 fully saturated rings. The molecule has 0 aliphatic carbocycles. The van der Waals surface area contributed by atoms with Gasteiger partial charge in [0.1, 0.15) is 6.61 Å². The molecule has 20 heavy (non-hydrogen) atoms. The van der Waals surface area contributed by atoms with Gasteiger partial charge in [-0.1, -0.05) is 0 Å². The van der Waals surface area contributed by atoms with Gasteiger partial charge in [-0.25, -0.2) is 4.79 Å². The maximum absolute atomic E-state index is 12.1. The summed E-state index contributed by atoms with van der Waals surface area (Å²) in [5.74, 6) is 0.666. The molecule has 3 aliphatic heterocycles. The van der Waals surface area contributed by atoms with E-state index >= 15 is 0 Å². The zero-order valence-corrected chi connectivity index (χ0v) is 12.6. The SMILES string of the molecule is O=C(OC[C@@H]1CCC[NH+]2CCCC[C@H]12)[C@H]1CCCC[NH2+]1. The smallest absolute Gasteiger partial charge is 0.364 e. The highest BCUT2D eigenvalue weighted by Gasteiger charge is 2.37. The molecule has 3 saturated heterocycles. The minimum Gasteiger partial charge on any atom is -0.461 e. The van der Waals surface area contributed by atoms with Gasteiger partial charge in [-0.2, -0.15) is 0 Å². The number of hydrogen-bond donors (Lipinski definition) is 2. The van der Waals surface area contributed by atoms with Gasteiger partial charge in [-0.05, 0) is 44.9 Å². The van der Waals surface area contributed by atoms with Crippen molar-refractivity contribution >= 4 is 5.97 Å². The zero-order valence-electron chi connectivity index (χ0n) is 12.6. The van der Waals surface area contributed by atoms with E-state index in [1.54, 1.807) is 4.90 Å². The lowest BCUT2D eigenvalue weighted by Gasteiger charge is -2.41. The van der Waals surface area contributed by atoms with E-state index in [0.29, 0.717) is 12.5 Å². The number of esters is 1. The Bertz CT molecular complexity index is 326. The van der Waals surface area contributed by atoms with Gasteiger partial charge in [0.05, 0.1) is 25.7 Å². The van der Waals surface area contributed by atoms with Gasteiger partial charge in [-0.15, -0.1) is 0 Å². The monoisotopic (exact) mass is 282 g/mol. The largest absolute Gasteiger partial charge is 0.461 e. The Balaban J connectivity index is 1.48. The van der Waals surface area contributed by atoms with Crippen molar-refractivity contribution in [2.24, 2.45) is 5.92 Å². The van der Waals surface area contributed by atoms with Crippen molar-refractivity contribution in [1.29, 1.82) is 0 Å². The predicted molar refractivity (Wildman–Crippen MR) is 76.5 cm³/mol. The van der Waals surface area contributed by atoms with E-state index in [0.717, 1.165) is 19.0 Å². The van der Waals surface area contributed by atoms with Crippen LogP contribution in [-0.2, 0) is 9.53 Å². The average molecular weight is 282 g/mol. The molecule has 0 aromatic rings. The van der Waals surface area contributed by atoms with Gasteiger partial charge in [0.25, 0.3) is 0 Å². The Labute approximate surface area is 122 Å². The van der Waals surface area contributed by atoms with Crippen LogP contribution in [0.5, 0.6) is 0 Å². The lowest BCUT2D eigenvalue weighted by atomic mass is 9.84. The second-order valence-electron chi connectivity index (χ2n) is 6.92. The molecule has 3 rings (SSSR count). The number of quaternary nitrogens is 2. The number of fused-ring (bicyclic) bond motifs is 1. The van der Waals surface area contributed by atoms with Crippen LogP contribution in [0.2, 0.25) is 0 Å². The van der Waals surface area contributed by atoms with Crippen LogP contribution in [0.15, 0.2) is 0 Å². The normalized spacial score (nSPS) is 38.0. The van der Waals surface area contributed by atoms with Crippen LogP contribution in [0.4, 0.5) is 0 Å². The van der Waals surface area contributed by atoms with E-state index in [4.69, 9.17) is 4.74 Å². The van der Waals surface area contributed by atoms with Gasteiger partial charge < -0.3 is 15.0 Å². The molecular weight excluding hydrogens is 252 g/mol. The number of hydrogen-bond acceptors (Lipinski definition) is 2. The lowest BCUT2D eigenvalue weighted by Crippen LogP contribution is -3.18. The van der Waals surface area contributed by atoms with Gasteiger partial charge in [-0.3, -0.25) is 0 Å². The first-order chi connectivity index (χ1) is 9.84. The molecule has 0 saturated carbocycles. The van der Waals surface area contributed by atoms with E-state index < -0.39 is 0 Å². The van der Waals surface area contributed by atoms with Crippen LogP contribution in [0.3, 0.4) is 0 Å². The van der Waals surface area contributed by atoms with Crippen LogP contribution < -0.4 is 10.2 Å². The summed E-state index contributed by atoms with van der Waals surface area (Å²) in [6, 6.07) is 0.850. The van der Waals surface area contributed by atoms with E-state index in [-0.39, 0.29) is 12.0 Å². The summed E-state index contributed by atoms with van der Waals surface area (Å²) in [4.78, 5) is 13.9. The third-order valence-electron chi connectivity index (χ3n) is 5.59. The van der Waals surface area contributed by atoms with Crippen molar-refractivity contribution in [2.75, 3.05) is 26.2 Å². The standard InChI is InChI=1S/C16H28N2O2/c19-16(14-7-1-3-9-17-14)20-12-13-6-5-11-18-10-4-2-8-15(13)18/h13-15,17H,1-12H2/p+2/t13-,14+,15+/m0/s1. The molecule has 0 aromatic carbocycles. The van der Waals surface area contributed by atoms with Crippen molar-refractivity contribution in [2.45, 2.75) is 63.5 Å². The summed E-state index contributed by atoms with van der Waals surface area (Å²) in [5, 5.41) is 2.17. The van der Waals surface area contributed by atoms with E-state index in [1.165, 1.54) is 58.0 Å². The first kappa shape index (κ1) is 14.3. The molecule has 3 aliphatic rings. The molecule has 4 atom stereocenters. The molecule has 0 amide bonds. The molecule has 0 aromatic heterocycles. The molecule has 0 radical (unpaired) electrons. The third-order valence-corrected chi connectivity index (χ3v) is 5.59. The first-order valence-corrected chi connectivity index (χ1v) is 8.69. The molecule has 4 nitrogen and oxygen atoms in total. The summed E-state index contributed by atoms with van der Waals surface area (Å²) in [6.07, 6.45) is 10.1. The number of nitrogens with one attached hydrogen (secondary N) is 1. The van der Waals surface area contributed by atoms with Gasteiger partial charge >= 0.3 is 5.97 Å². The fraction of sp³-hybridized carbons (Fsp3) is 0.938. The predicted octanol–water partition coefficient (Wildman–Crippen LogP) is -0.507. The summed E-state index contributed by atoms with van der Waals surface area (Å²) in [7, 11) is 0. The van der Waals surface area contributed by atoms with Crippen LogP contribution >= 0.6 is 0 Å². The number of carbonyl (C=O) groups excluding carboxylic acids is 1. The first-order valence-electron chi connectivity index (χ1n) is 8.69. The van der Waals surface area contributed by atoms with E-state index in [2.05, 4.69) is 5.32 Å². The van der Waals surface area contributed by atoms with Crippen molar-refractivity contribution in [1.82, 2.24) is 0 Å². The highest BCUT2D eigenvalue weighted by Crippen LogP contribution is 2.20. The minimum absolute atomic E-state index is 0.0487. The summed E-state index contributed by atoms with van der Waals surface area (Å²) in [5.41, 5.74) is 0. The van der Waals surface area contributed by atoms with Crippen molar-refractivity contribution in [3.63, 3.8) is 0 Å². The zero-order chi connectivity index (χ0) is 13.8. The molecular formula is C16H30N2O2+2. The summed E-state index contributed by atoms with van der Waals surface area (Å²) in [6.45, 7) is 4.44. The van der Waals surface area contributed by atoms with Crippen LogP contribution in [0.1, 0.15) is 51.4 Å². The Morgan fingerprint density at radius 1 is 1.05 bits per heavy atom. The summed E-state index contributed by atoms with van der Waals surface area (Å²) >= 11 is 0. The van der Waals surface area contributed by atoms with Crippen molar-refractivity contribution < 1.29 is 19.7 Å². The highest BCUT2D eigenvalue weighted by molar-refractivity contribution is 5.74. The molecule has 0 bridgehead atoms. The Kier molecular flexibility index (Phi) is 4.94. The molecule has 114 valence electrons. The maximum atomic E-state index is 12.1. The Morgan fingerprint density at radius 3 is 2.75 bits per heavy atom. The Hall–Kier alpha value is -0.610. The summed E-state index contributed by atoms with van der Waals surface area (Å²) < 4.78 is 5.69. The van der Waals surface area contributed by atoms with E-state index in [9.17, 15) is 4.79 Å². The molecule has 3 N–H and O–H groups in total. The number of rotatable bonds is 3. The van der Waals surface area contributed by atoms with Crippen LogP contribution in [-0.4, -0.2) is 44.3 Å². The van der Waals surface area contributed by atoms with Crippen LogP contribution in [0, 0.1) is 5.92 Å². The number of carbonyl (C=O) groups is 1. The van der Waals surface area contributed by atoms with Gasteiger partial charge in [0.15, 0.2) is 6.04 Å². The quantitative estimate of drug-likeness (QED) is 0.685. The average Bonchev–Trinajstić information content (AvgIpc) is 2.53. The third kappa shape index (κ3) is 3.34. The molecule has 4 heteroatoms. The number of nitrogens with two attached hydrogens (primary N) is 1. The van der Waals surface area contributed by atoms with Crippen LogP contribution in [0.25, 0.3) is 0 Å². The van der Waals surface area contributed by atoms with E-state index in [1.807, 2.05) is 0 Å². The second-order valence-corrected chi connectivity index (χ2v) is 6.92. The Morgan fingerprint density at radius 2 is 1.90 bits per heavy atom. The topological polar surface area (TPSA) is 47.4 Å². The number of piperidine rings is 3. The lowest BCUT2D eigenvalue weighted by molar-refractivity contribution is -0.940. The maximum Gasteiger partial charge on any atom is 0.364 e. The molecule has 1 unspecified atom stereocenters. The minimum atomic E-state index is 0.0487. The number of ether oxygens (including phenoxy) is 1. The van der Waals surface area contributed by atoms with Crippen molar-refractivity contribution in [3.8, 4) is 0 Å². The fourth-order valence-electron chi connectivity index (χ4n) is 4.43. The highest BCUT2D eigenvalue weighted by atomic mass is 16.5. The second kappa shape index (κ2) is 6.90. The van der Waals surface area contributed by atoms with Gasteiger partial charge in [0.2, 0.25) is 0 Å². The van der Waals surface area contributed by atoms with Gasteiger partial charge in [0, 0.05) is 12.3 Å². The molecule has 0 spiro atoms. The van der Waals surface area contributed by atoms with Crippen molar-refractivity contribution in [3.05, 3.63) is 0 Å².